The number of unbranched alkanes of at least 4 members (excludes halogenated alkanes) is 17. The minimum absolute atomic E-state index is 0.739. The van der Waals surface area contributed by atoms with Crippen LogP contribution < -0.4 is 0 Å². The van der Waals surface area contributed by atoms with Crippen LogP contribution in [0.3, 0.4) is 0 Å². The van der Waals surface area contributed by atoms with E-state index >= 15 is 0 Å². The summed E-state index contributed by atoms with van der Waals surface area (Å²) in [6.45, 7) is 10.1. The van der Waals surface area contributed by atoms with Crippen LogP contribution in [0.25, 0.3) is 0 Å². The van der Waals surface area contributed by atoms with Crippen molar-refractivity contribution in [2.75, 3.05) is 6.61 Å². The lowest BCUT2D eigenvalue weighted by atomic mass is 9.99. The predicted octanol–water partition coefficient (Wildman–Crippen LogP) is 11.9. The molecule has 33 heavy (non-hydrogen) atoms. The summed E-state index contributed by atoms with van der Waals surface area (Å²) in [5, 5.41) is 0. The molecule has 1 unspecified atom stereocenters. The highest BCUT2D eigenvalue weighted by Crippen LogP contribution is 2.20. The zero-order valence-corrected chi connectivity index (χ0v) is 23.7. The van der Waals surface area contributed by atoms with E-state index in [4.69, 9.17) is 4.74 Å². The van der Waals surface area contributed by atoms with Gasteiger partial charge in [0, 0.05) is 0 Å². The van der Waals surface area contributed by atoms with Gasteiger partial charge in [-0.15, -0.1) is 0 Å². The fourth-order valence-electron chi connectivity index (χ4n) is 4.77. The Bertz CT molecular complexity index is 386. The smallest absolute Gasteiger partial charge is 0.0901 e. The molecule has 1 nitrogen and oxygen atoms in total. The van der Waals surface area contributed by atoms with Gasteiger partial charge in [0.25, 0.3) is 0 Å². The summed E-state index contributed by atoms with van der Waals surface area (Å²) in [5.41, 5.74) is 1.59. The van der Waals surface area contributed by atoms with Crippen LogP contribution in [0.1, 0.15) is 182 Å². The fraction of sp³-hybridized carbons (Fsp3) is 0.938. The van der Waals surface area contributed by atoms with Crippen molar-refractivity contribution in [1.29, 1.82) is 0 Å². The van der Waals surface area contributed by atoms with Crippen molar-refractivity contribution in [3.63, 3.8) is 0 Å². The molecule has 198 valence electrons. The molecule has 0 amide bonds. The highest BCUT2D eigenvalue weighted by Gasteiger charge is 2.06. The van der Waals surface area contributed by atoms with Crippen molar-refractivity contribution in [2.45, 2.75) is 182 Å². The Hall–Kier alpha value is -0.460. The van der Waals surface area contributed by atoms with Crippen molar-refractivity contribution in [3.05, 3.63) is 11.8 Å². The van der Waals surface area contributed by atoms with Crippen molar-refractivity contribution >= 4 is 0 Å². The molecule has 0 aliphatic heterocycles. The van der Waals surface area contributed by atoms with Gasteiger partial charge in [0.05, 0.1) is 12.9 Å². The largest absolute Gasteiger partial charge is 0.501 e. The summed E-state index contributed by atoms with van der Waals surface area (Å²) < 4.78 is 6.15. The van der Waals surface area contributed by atoms with Gasteiger partial charge in [0.15, 0.2) is 0 Å². The van der Waals surface area contributed by atoms with Gasteiger partial charge in [0.1, 0.15) is 0 Å². The second-order valence-corrected chi connectivity index (χ2v) is 10.7. The summed E-state index contributed by atoms with van der Waals surface area (Å²) >= 11 is 0. The summed E-state index contributed by atoms with van der Waals surface area (Å²) in [6.07, 6.45) is 35.4. The molecule has 0 radical (unpaired) electrons. The standard InChI is InChI=1S/C32H64O/c1-5-9-12-14-16-18-19-21-23-25-28-32(27-24-22-20-17-15-13-10-6-2)30-33-29-31(8-4)26-11-7-3/h30-31H,5-29H2,1-4H3/b32-30-. The minimum atomic E-state index is 0.739. The Balaban J connectivity index is 4.12. The quantitative estimate of drug-likeness (QED) is 0.0867. The molecule has 0 fully saturated rings. The Kier molecular flexibility index (Phi) is 27.4. The van der Waals surface area contributed by atoms with Crippen LogP contribution in [0, 0.1) is 5.92 Å². The Labute approximate surface area is 210 Å². The van der Waals surface area contributed by atoms with Gasteiger partial charge in [-0.05, 0) is 43.6 Å². The van der Waals surface area contributed by atoms with Crippen LogP contribution in [0.4, 0.5) is 0 Å². The first-order valence-corrected chi connectivity index (χ1v) is 15.6. The van der Waals surface area contributed by atoms with Gasteiger partial charge >= 0.3 is 0 Å². The SMILES string of the molecule is CCCCCCCCCCCC/C(=C\OCC(CC)CCCC)CCCCCCCCCC. The van der Waals surface area contributed by atoms with Gasteiger partial charge in [-0.25, -0.2) is 0 Å². The Morgan fingerprint density at radius 1 is 0.515 bits per heavy atom. The predicted molar refractivity (Wildman–Crippen MR) is 151 cm³/mol. The lowest BCUT2D eigenvalue weighted by Crippen LogP contribution is -2.06. The lowest BCUT2D eigenvalue weighted by molar-refractivity contribution is 0.180. The van der Waals surface area contributed by atoms with Gasteiger partial charge < -0.3 is 4.74 Å². The van der Waals surface area contributed by atoms with Crippen LogP contribution in [-0.4, -0.2) is 6.61 Å². The van der Waals surface area contributed by atoms with E-state index in [1.807, 2.05) is 0 Å². The molecule has 0 bridgehead atoms. The second-order valence-electron chi connectivity index (χ2n) is 10.7. The van der Waals surface area contributed by atoms with Crippen molar-refractivity contribution in [1.82, 2.24) is 0 Å². The molecule has 0 N–H and O–H groups in total. The van der Waals surface area contributed by atoms with Crippen LogP contribution in [0.15, 0.2) is 11.8 Å². The van der Waals surface area contributed by atoms with Gasteiger partial charge in [-0.3, -0.25) is 0 Å². The molecule has 0 aliphatic carbocycles. The fourth-order valence-corrected chi connectivity index (χ4v) is 4.77. The first-order valence-electron chi connectivity index (χ1n) is 15.6. The summed E-state index contributed by atoms with van der Waals surface area (Å²) in [6, 6.07) is 0. The van der Waals surface area contributed by atoms with E-state index in [0.717, 1.165) is 12.5 Å². The molecule has 0 spiro atoms. The molecule has 0 aliphatic rings. The highest BCUT2D eigenvalue weighted by atomic mass is 16.5. The lowest BCUT2D eigenvalue weighted by Gasteiger charge is -2.15. The van der Waals surface area contributed by atoms with E-state index in [9.17, 15) is 0 Å². The van der Waals surface area contributed by atoms with Crippen molar-refractivity contribution in [3.8, 4) is 0 Å². The molecule has 0 aromatic rings. The van der Waals surface area contributed by atoms with Crippen LogP contribution in [0.5, 0.6) is 0 Å². The number of rotatable bonds is 27. The van der Waals surface area contributed by atoms with E-state index < -0.39 is 0 Å². The number of ether oxygens (including phenoxy) is 1. The van der Waals surface area contributed by atoms with Crippen LogP contribution in [0.2, 0.25) is 0 Å². The third-order valence-corrected chi connectivity index (χ3v) is 7.33. The van der Waals surface area contributed by atoms with E-state index in [1.54, 1.807) is 5.57 Å². The zero-order valence-electron chi connectivity index (χ0n) is 23.7. The first kappa shape index (κ1) is 32.5. The zero-order chi connectivity index (χ0) is 24.2. The average molecular weight is 465 g/mol. The number of hydrogen-bond donors (Lipinski definition) is 0. The molecule has 0 saturated heterocycles. The van der Waals surface area contributed by atoms with Gasteiger partial charge in [0.2, 0.25) is 0 Å². The third-order valence-electron chi connectivity index (χ3n) is 7.33. The van der Waals surface area contributed by atoms with Crippen LogP contribution >= 0.6 is 0 Å². The maximum Gasteiger partial charge on any atom is 0.0901 e. The van der Waals surface area contributed by atoms with Crippen molar-refractivity contribution in [2.24, 2.45) is 5.92 Å². The maximum absolute atomic E-state index is 6.15. The monoisotopic (exact) mass is 464 g/mol. The molecule has 0 rings (SSSR count). The van der Waals surface area contributed by atoms with Gasteiger partial charge in [-0.2, -0.15) is 0 Å². The molecule has 0 heterocycles. The highest BCUT2D eigenvalue weighted by molar-refractivity contribution is 4.98. The molecule has 0 aromatic carbocycles. The summed E-state index contributed by atoms with van der Waals surface area (Å²) in [7, 11) is 0. The van der Waals surface area contributed by atoms with E-state index in [2.05, 4.69) is 34.0 Å². The second kappa shape index (κ2) is 27.8. The van der Waals surface area contributed by atoms with E-state index in [1.165, 1.54) is 154 Å². The van der Waals surface area contributed by atoms with E-state index in [-0.39, 0.29) is 0 Å². The summed E-state index contributed by atoms with van der Waals surface area (Å²) in [5.74, 6) is 0.739. The molecular weight excluding hydrogens is 400 g/mol. The topological polar surface area (TPSA) is 9.23 Å². The minimum Gasteiger partial charge on any atom is -0.501 e. The molecule has 0 saturated carbocycles. The Morgan fingerprint density at radius 2 is 0.909 bits per heavy atom. The third kappa shape index (κ3) is 24.5. The maximum atomic E-state index is 6.15. The molecule has 1 heteroatoms. The number of hydrogen-bond acceptors (Lipinski definition) is 1. The first-order chi connectivity index (χ1) is 16.3. The van der Waals surface area contributed by atoms with E-state index in [0.29, 0.717) is 0 Å². The molecule has 1 atom stereocenters. The molecular formula is C32H64O. The van der Waals surface area contributed by atoms with Gasteiger partial charge in [-0.1, -0.05) is 150 Å². The average Bonchev–Trinajstić information content (AvgIpc) is 2.83. The van der Waals surface area contributed by atoms with Crippen molar-refractivity contribution < 1.29 is 4.74 Å². The number of allylic oxidation sites excluding steroid dienone is 1. The molecule has 0 aromatic heterocycles. The Morgan fingerprint density at radius 3 is 1.30 bits per heavy atom. The normalized spacial score (nSPS) is 12.9. The summed E-state index contributed by atoms with van der Waals surface area (Å²) in [4.78, 5) is 0. The van der Waals surface area contributed by atoms with Crippen LogP contribution in [-0.2, 0) is 4.74 Å².